The highest BCUT2D eigenvalue weighted by atomic mass is 35.5. The molecule has 0 N–H and O–H groups in total. The number of hydrogen-bond acceptors (Lipinski definition) is 1. The van der Waals surface area contributed by atoms with Gasteiger partial charge in [0.05, 0.1) is 0 Å². The lowest BCUT2D eigenvalue weighted by molar-refractivity contribution is 0.0322. The Balaban J connectivity index is 1.90. The van der Waals surface area contributed by atoms with Crippen LogP contribution in [0.3, 0.4) is 0 Å². The van der Waals surface area contributed by atoms with E-state index in [4.69, 9.17) is 11.8 Å². The molecule has 0 aromatic carbocycles. The molecule has 1 nitrogen and oxygen atoms in total. The van der Waals surface area contributed by atoms with Crippen LogP contribution in [0.5, 0.6) is 0 Å². The van der Waals surface area contributed by atoms with Gasteiger partial charge in [-0.25, -0.2) is 4.42 Å². The van der Waals surface area contributed by atoms with Crippen LogP contribution in [0.1, 0.15) is 32.1 Å². The Morgan fingerprint density at radius 1 is 1.00 bits per heavy atom. The summed E-state index contributed by atoms with van der Waals surface area (Å²) in [4.78, 5) is 0. The molecule has 0 radical (unpaired) electrons. The molecular formula is C8H14ClN. The fraction of sp³-hybridized carbons (Fsp3) is 1.00. The average molecular weight is 160 g/mol. The van der Waals surface area contributed by atoms with Gasteiger partial charge in [-0.2, -0.15) is 0 Å². The third kappa shape index (κ3) is 1.06. The van der Waals surface area contributed by atoms with Gasteiger partial charge < -0.3 is 0 Å². The van der Waals surface area contributed by atoms with Gasteiger partial charge in [0.25, 0.3) is 0 Å². The monoisotopic (exact) mass is 159 g/mol. The molecule has 2 heteroatoms. The summed E-state index contributed by atoms with van der Waals surface area (Å²) in [6.07, 6.45) is 7.17. The Bertz CT molecular complexity index is 114. The summed E-state index contributed by atoms with van der Waals surface area (Å²) in [5.41, 5.74) is 0.667. The summed E-state index contributed by atoms with van der Waals surface area (Å²) in [6, 6.07) is 0. The molecule has 1 aliphatic carbocycles. The maximum absolute atomic E-state index is 5.81. The molecule has 2 fully saturated rings. The molecule has 0 amide bonds. The van der Waals surface area contributed by atoms with Gasteiger partial charge in [0.2, 0.25) is 0 Å². The maximum Gasteiger partial charge on any atom is 0.0208 e. The molecule has 0 unspecified atom stereocenters. The number of rotatable bonds is 0. The lowest BCUT2D eigenvalue weighted by atomic mass is 9.70. The van der Waals surface area contributed by atoms with Crippen LogP contribution in [0.25, 0.3) is 0 Å². The highest BCUT2D eigenvalue weighted by Crippen LogP contribution is 2.44. The lowest BCUT2D eigenvalue weighted by Crippen LogP contribution is -2.52. The topological polar surface area (TPSA) is 3.24 Å². The van der Waals surface area contributed by atoms with E-state index in [0.717, 1.165) is 13.1 Å². The predicted molar refractivity (Wildman–Crippen MR) is 42.9 cm³/mol. The van der Waals surface area contributed by atoms with Gasteiger partial charge in [0.15, 0.2) is 0 Å². The first-order chi connectivity index (χ1) is 4.81. The fourth-order valence-electron chi connectivity index (χ4n) is 2.30. The van der Waals surface area contributed by atoms with Crippen molar-refractivity contribution >= 4 is 11.8 Å². The van der Waals surface area contributed by atoms with Crippen molar-refractivity contribution < 1.29 is 0 Å². The molecular weight excluding hydrogens is 146 g/mol. The van der Waals surface area contributed by atoms with E-state index in [2.05, 4.69) is 0 Å². The van der Waals surface area contributed by atoms with Gasteiger partial charge in [-0.3, -0.25) is 0 Å². The third-order valence-corrected chi connectivity index (χ3v) is 3.17. The standard InChI is InChI=1S/C8H14ClN/c9-10-6-8(7-10)4-2-1-3-5-8/h1-7H2. The number of hydrogen-bond donors (Lipinski definition) is 0. The van der Waals surface area contributed by atoms with E-state index in [1.54, 1.807) is 0 Å². The minimum Gasteiger partial charge on any atom is -0.219 e. The first-order valence-electron chi connectivity index (χ1n) is 4.22. The minimum atomic E-state index is 0.667. The first-order valence-corrected chi connectivity index (χ1v) is 4.55. The minimum absolute atomic E-state index is 0.667. The van der Waals surface area contributed by atoms with Crippen LogP contribution in [0.15, 0.2) is 0 Å². The second-order valence-electron chi connectivity index (χ2n) is 3.84. The van der Waals surface area contributed by atoms with Gasteiger partial charge in [-0.1, -0.05) is 19.3 Å². The van der Waals surface area contributed by atoms with Gasteiger partial charge in [0.1, 0.15) is 0 Å². The Hall–Kier alpha value is 0.250. The molecule has 2 aliphatic rings. The van der Waals surface area contributed by atoms with Crippen molar-refractivity contribution in [3.05, 3.63) is 0 Å². The molecule has 1 aliphatic heterocycles. The van der Waals surface area contributed by atoms with Crippen molar-refractivity contribution in [3.8, 4) is 0 Å². The zero-order valence-electron chi connectivity index (χ0n) is 6.27. The van der Waals surface area contributed by atoms with Crippen LogP contribution in [0, 0.1) is 5.41 Å². The first kappa shape index (κ1) is 6.93. The Morgan fingerprint density at radius 3 is 2.10 bits per heavy atom. The van der Waals surface area contributed by atoms with Crippen LogP contribution in [-0.2, 0) is 0 Å². The van der Waals surface area contributed by atoms with E-state index in [-0.39, 0.29) is 0 Å². The van der Waals surface area contributed by atoms with E-state index in [1.165, 1.54) is 32.1 Å². The van der Waals surface area contributed by atoms with Crippen molar-refractivity contribution in [1.29, 1.82) is 0 Å². The zero-order valence-corrected chi connectivity index (χ0v) is 7.03. The van der Waals surface area contributed by atoms with Gasteiger partial charge in [-0.05, 0) is 30.0 Å². The molecule has 10 heavy (non-hydrogen) atoms. The van der Waals surface area contributed by atoms with E-state index >= 15 is 0 Å². The zero-order chi connectivity index (χ0) is 7.03. The van der Waals surface area contributed by atoms with Gasteiger partial charge in [-0.15, -0.1) is 0 Å². The van der Waals surface area contributed by atoms with E-state index in [0.29, 0.717) is 5.41 Å². The maximum atomic E-state index is 5.81. The SMILES string of the molecule is ClN1CC2(CCCCC2)C1. The van der Waals surface area contributed by atoms with Crippen LogP contribution in [0.2, 0.25) is 0 Å². The molecule has 0 bridgehead atoms. The van der Waals surface area contributed by atoms with Crippen LogP contribution in [-0.4, -0.2) is 17.5 Å². The highest BCUT2D eigenvalue weighted by molar-refractivity contribution is 6.13. The predicted octanol–water partition coefficient (Wildman–Crippen LogP) is 2.41. The second kappa shape index (κ2) is 2.38. The van der Waals surface area contributed by atoms with Crippen LogP contribution in [0.4, 0.5) is 0 Å². The molecule has 1 heterocycles. The molecule has 0 aromatic heterocycles. The summed E-state index contributed by atoms with van der Waals surface area (Å²) in [7, 11) is 0. The van der Waals surface area contributed by atoms with Gasteiger partial charge in [0, 0.05) is 13.1 Å². The second-order valence-corrected chi connectivity index (χ2v) is 4.32. The molecule has 0 atom stereocenters. The molecule has 2 rings (SSSR count). The Kier molecular flexibility index (Phi) is 1.65. The van der Waals surface area contributed by atoms with Crippen molar-refractivity contribution in [2.45, 2.75) is 32.1 Å². The average Bonchev–Trinajstić information content (AvgIpc) is 1.87. The summed E-state index contributed by atoms with van der Waals surface area (Å²) in [5, 5.41) is 0. The van der Waals surface area contributed by atoms with Crippen LogP contribution >= 0.6 is 11.8 Å². The van der Waals surface area contributed by atoms with Gasteiger partial charge >= 0.3 is 0 Å². The summed E-state index contributed by atoms with van der Waals surface area (Å²) >= 11 is 5.81. The van der Waals surface area contributed by atoms with Crippen molar-refractivity contribution in [3.63, 3.8) is 0 Å². The molecule has 0 aromatic rings. The van der Waals surface area contributed by atoms with Crippen molar-refractivity contribution in [2.24, 2.45) is 5.41 Å². The summed E-state index contributed by atoms with van der Waals surface area (Å²) < 4.78 is 1.92. The smallest absolute Gasteiger partial charge is 0.0208 e. The summed E-state index contributed by atoms with van der Waals surface area (Å²) in [6.45, 7) is 2.29. The van der Waals surface area contributed by atoms with Crippen molar-refractivity contribution in [1.82, 2.24) is 4.42 Å². The third-order valence-electron chi connectivity index (χ3n) is 2.93. The molecule has 1 saturated heterocycles. The van der Waals surface area contributed by atoms with E-state index in [1.807, 2.05) is 4.42 Å². The molecule has 58 valence electrons. The van der Waals surface area contributed by atoms with Crippen molar-refractivity contribution in [2.75, 3.05) is 13.1 Å². The van der Waals surface area contributed by atoms with E-state index < -0.39 is 0 Å². The lowest BCUT2D eigenvalue weighted by Gasteiger charge is -2.49. The highest BCUT2D eigenvalue weighted by Gasteiger charge is 2.42. The quantitative estimate of drug-likeness (QED) is 0.491. The molecule has 1 spiro atoms. The largest absolute Gasteiger partial charge is 0.219 e. The van der Waals surface area contributed by atoms with E-state index in [9.17, 15) is 0 Å². The Morgan fingerprint density at radius 2 is 1.60 bits per heavy atom. The normalized spacial score (nSPS) is 32.1. The summed E-state index contributed by atoms with van der Waals surface area (Å²) in [5.74, 6) is 0. The number of nitrogens with zero attached hydrogens (tertiary/aromatic N) is 1. The number of halogens is 1. The molecule has 1 saturated carbocycles. The Labute approximate surface area is 67.5 Å². The fourth-order valence-corrected chi connectivity index (χ4v) is 2.81. The van der Waals surface area contributed by atoms with Crippen LogP contribution < -0.4 is 0 Å².